The number of imide groups is 1. The van der Waals surface area contributed by atoms with Crippen LogP contribution in [0, 0.1) is 17.8 Å². The Morgan fingerprint density at radius 2 is 1.43 bits per heavy atom. The highest BCUT2D eigenvalue weighted by molar-refractivity contribution is 6.20. The maximum absolute atomic E-state index is 12.6. The number of hydroxylamine groups is 2. The van der Waals surface area contributed by atoms with Crippen LogP contribution in [0.4, 0.5) is 0 Å². The summed E-state index contributed by atoms with van der Waals surface area (Å²) in [5, 5.41) is 0.650. The van der Waals surface area contributed by atoms with E-state index in [1.165, 1.54) is 0 Å². The summed E-state index contributed by atoms with van der Waals surface area (Å²) < 4.78 is 0. The summed E-state index contributed by atoms with van der Waals surface area (Å²) in [6.45, 7) is 0. The molecule has 4 rings (SSSR count). The molecular formula is C18H19NO4. The van der Waals surface area contributed by atoms with E-state index in [2.05, 4.69) is 0 Å². The molecule has 0 unspecified atom stereocenters. The summed E-state index contributed by atoms with van der Waals surface area (Å²) in [6, 6.07) is 6.55. The molecule has 120 valence electrons. The van der Waals surface area contributed by atoms with Gasteiger partial charge in [0.25, 0.3) is 11.8 Å². The number of carbonyl (C=O) groups is 3. The number of fused-ring (bicyclic) bond motifs is 1. The number of carbonyl (C=O) groups excluding carboxylic acids is 3. The lowest BCUT2D eigenvalue weighted by atomic mass is 9.64. The van der Waals surface area contributed by atoms with Crippen LogP contribution >= 0.6 is 0 Å². The van der Waals surface area contributed by atoms with Crippen molar-refractivity contribution in [2.24, 2.45) is 17.8 Å². The first-order chi connectivity index (χ1) is 11.2. The van der Waals surface area contributed by atoms with Crippen LogP contribution in [0.15, 0.2) is 24.3 Å². The van der Waals surface area contributed by atoms with E-state index in [0.29, 0.717) is 28.0 Å². The van der Waals surface area contributed by atoms with Crippen molar-refractivity contribution in [2.75, 3.05) is 0 Å². The van der Waals surface area contributed by atoms with E-state index in [9.17, 15) is 14.4 Å². The second kappa shape index (κ2) is 5.48. The molecule has 0 N–H and O–H groups in total. The molecule has 2 saturated carbocycles. The number of rotatable bonds is 4. The van der Waals surface area contributed by atoms with Crippen LogP contribution in [0.3, 0.4) is 0 Å². The first-order valence-electron chi connectivity index (χ1n) is 8.36. The zero-order chi connectivity index (χ0) is 16.0. The lowest BCUT2D eigenvalue weighted by molar-refractivity contribution is -0.181. The van der Waals surface area contributed by atoms with Crippen molar-refractivity contribution in [3.05, 3.63) is 35.4 Å². The molecule has 5 heteroatoms. The van der Waals surface area contributed by atoms with Gasteiger partial charge in [0.05, 0.1) is 17.0 Å². The molecule has 0 saturated heterocycles. The molecule has 5 nitrogen and oxygen atoms in total. The quantitative estimate of drug-likeness (QED) is 0.802. The molecule has 2 fully saturated rings. The van der Waals surface area contributed by atoms with E-state index in [1.807, 2.05) is 0 Å². The molecule has 1 aliphatic heterocycles. The van der Waals surface area contributed by atoms with Crippen LogP contribution in [0.2, 0.25) is 0 Å². The molecule has 0 atom stereocenters. The first-order valence-corrected chi connectivity index (χ1v) is 8.36. The predicted molar refractivity (Wildman–Crippen MR) is 81.2 cm³/mol. The van der Waals surface area contributed by atoms with Gasteiger partial charge < -0.3 is 4.84 Å². The summed E-state index contributed by atoms with van der Waals surface area (Å²) in [4.78, 5) is 42.5. The molecule has 3 aliphatic rings. The number of nitrogens with zero attached hydrogens (tertiary/aromatic N) is 1. The van der Waals surface area contributed by atoms with Crippen molar-refractivity contribution >= 4 is 17.8 Å². The minimum Gasteiger partial charge on any atom is -0.329 e. The molecule has 23 heavy (non-hydrogen) atoms. The fraction of sp³-hybridized carbons (Fsp3) is 0.500. The third-order valence-electron chi connectivity index (χ3n) is 5.53. The van der Waals surface area contributed by atoms with E-state index in [-0.39, 0.29) is 5.92 Å². The average Bonchev–Trinajstić information content (AvgIpc) is 2.68. The highest BCUT2D eigenvalue weighted by atomic mass is 16.7. The summed E-state index contributed by atoms with van der Waals surface area (Å²) in [5.41, 5.74) is 0.600. The molecule has 0 bridgehead atoms. The van der Waals surface area contributed by atoms with Gasteiger partial charge in [-0.3, -0.25) is 9.59 Å². The molecule has 2 aliphatic carbocycles. The van der Waals surface area contributed by atoms with Crippen LogP contribution in [-0.4, -0.2) is 22.8 Å². The van der Waals surface area contributed by atoms with E-state index >= 15 is 0 Å². The van der Waals surface area contributed by atoms with Gasteiger partial charge in [0.1, 0.15) is 0 Å². The Labute approximate surface area is 134 Å². The lowest BCUT2D eigenvalue weighted by Gasteiger charge is -2.40. The smallest absolute Gasteiger partial charge is 0.329 e. The first kappa shape index (κ1) is 14.4. The van der Waals surface area contributed by atoms with Gasteiger partial charge in [-0.05, 0) is 49.7 Å². The third kappa shape index (κ3) is 2.26. The van der Waals surface area contributed by atoms with E-state index in [1.54, 1.807) is 24.3 Å². The van der Waals surface area contributed by atoms with Gasteiger partial charge in [-0.2, -0.15) is 0 Å². The van der Waals surface area contributed by atoms with Crippen molar-refractivity contribution < 1.29 is 19.2 Å². The van der Waals surface area contributed by atoms with Crippen LogP contribution < -0.4 is 0 Å². The molecule has 2 amide bonds. The number of benzene rings is 1. The number of hydrogen-bond acceptors (Lipinski definition) is 4. The topological polar surface area (TPSA) is 63.7 Å². The van der Waals surface area contributed by atoms with E-state index in [4.69, 9.17) is 4.84 Å². The minimum absolute atomic E-state index is 0.165. The molecule has 0 aromatic heterocycles. The molecule has 0 spiro atoms. The summed E-state index contributed by atoms with van der Waals surface area (Å²) in [5.74, 6) is -0.957. The van der Waals surface area contributed by atoms with Crippen LogP contribution in [-0.2, 0) is 9.63 Å². The zero-order valence-electron chi connectivity index (χ0n) is 12.9. The second-order valence-corrected chi connectivity index (χ2v) is 6.77. The van der Waals surface area contributed by atoms with Gasteiger partial charge in [-0.25, -0.2) is 4.79 Å². The fourth-order valence-corrected chi connectivity index (χ4v) is 3.77. The Hall–Kier alpha value is -2.17. The normalized spacial score (nSPS) is 21.2. The van der Waals surface area contributed by atoms with Crippen molar-refractivity contribution in [3.8, 4) is 0 Å². The maximum atomic E-state index is 12.6. The van der Waals surface area contributed by atoms with Crippen molar-refractivity contribution in [2.45, 2.75) is 38.5 Å². The van der Waals surface area contributed by atoms with E-state index in [0.717, 1.165) is 38.5 Å². The standard InChI is InChI=1S/C18H19NO4/c20-16-13-9-1-2-10-14(13)17(21)19(16)23-18(22)15(11-5-3-6-11)12-7-4-8-12/h1-2,9-12,15H,3-8H2. The summed E-state index contributed by atoms with van der Waals surface area (Å²) >= 11 is 0. The second-order valence-electron chi connectivity index (χ2n) is 6.77. The van der Waals surface area contributed by atoms with Gasteiger partial charge >= 0.3 is 5.97 Å². The van der Waals surface area contributed by atoms with Gasteiger partial charge in [0, 0.05) is 0 Å². The maximum Gasteiger partial charge on any atom is 0.336 e. The number of hydrogen-bond donors (Lipinski definition) is 0. The Balaban J connectivity index is 1.52. The monoisotopic (exact) mass is 313 g/mol. The Bertz CT molecular complexity index is 626. The summed E-state index contributed by atoms with van der Waals surface area (Å²) in [7, 11) is 0. The van der Waals surface area contributed by atoms with Gasteiger partial charge in [-0.1, -0.05) is 30.0 Å². The Morgan fingerprint density at radius 3 is 1.83 bits per heavy atom. The molecule has 1 heterocycles. The van der Waals surface area contributed by atoms with Crippen molar-refractivity contribution in [1.82, 2.24) is 5.06 Å². The minimum atomic E-state index is -0.542. The molecular weight excluding hydrogens is 294 g/mol. The molecule has 0 radical (unpaired) electrons. The van der Waals surface area contributed by atoms with Gasteiger partial charge in [0.2, 0.25) is 0 Å². The largest absolute Gasteiger partial charge is 0.336 e. The predicted octanol–water partition coefficient (Wildman–Crippen LogP) is 2.96. The highest BCUT2D eigenvalue weighted by Gasteiger charge is 2.45. The van der Waals surface area contributed by atoms with E-state index < -0.39 is 17.8 Å². The lowest BCUT2D eigenvalue weighted by Crippen LogP contribution is -2.43. The molecule has 1 aromatic carbocycles. The zero-order valence-corrected chi connectivity index (χ0v) is 12.9. The number of amides is 2. The van der Waals surface area contributed by atoms with Crippen LogP contribution in [0.25, 0.3) is 0 Å². The fourth-order valence-electron chi connectivity index (χ4n) is 3.77. The Morgan fingerprint density at radius 1 is 0.957 bits per heavy atom. The van der Waals surface area contributed by atoms with Crippen molar-refractivity contribution in [1.29, 1.82) is 0 Å². The SMILES string of the molecule is O=C(ON1C(=O)c2ccccc2C1=O)C(C1CCC1)C1CCC1. The van der Waals surface area contributed by atoms with Crippen LogP contribution in [0.5, 0.6) is 0 Å². The van der Waals surface area contributed by atoms with Gasteiger partial charge in [0.15, 0.2) is 0 Å². The summed E-state index contributed by atoms with van der Waals surface area (Å²) in [6.07, 6.45) is 6.45. The van der Waals surface area contributed by atoms with Crippen molar-refractivity contribution in [3.63, 3.8) is 0 Å². The Kier molecular flexibility index (Phi) is 3.43. The third-order valence-corrected chi connectivity index (χ3v) is 5.53. The van der Waals surface area contributed by atoms with Gasteiger partial charge in [-0.15, -0.1) is 0 Å². The highest BCUT2D eigenvalue weighted by Crippen LogP contribution is 2.45. The van der Waals surface area contributed by atoms with Crippen LogP contribution in [0.1, 0.15) is 59.2 Å². The molecule has 1 aromatic rings. The average molecular weight is 313 g/mol.